The molecule has 0 aliphatic carbocycles. The number of amides is 1. The zero-order valence-electron chi connectivity index (χ0n) is 14.5. The Bertz CT molecular complexity index is 985. The topological polar surface area (TPSA) is 73.5 Å². The van der Waals surface area contributed by atoms with Gasteiger partial charge in [0.05, 0.1) is 18.5 Å². The van der Waals surface area contributed by atoms with E-state index < -0.39 is 5.76 Å². The summed E-state index contributed by atoms with van der Waals surface area (Å²) in [4.78, 5) is 23.5. The molecule has 25 heavy (non-hydrogen) atoms. The minimum Gasteiger partial charge on any atom is -0.493 e. The lowest BCUT2D eigenvalue weighted by molar-refractivity contribution is -0.116. The molecule has 1 N–H and O–H groups in total. The molecule has 0 fully saturated rings. The Morgan fingerprint density at radius 2 is 1.96 bits per heavy atom. The predicted octanol–water partition coefficient (Wildman–Crippen LogP) is 3.16. The summed E-state index contributed by atoms with van der Waals surface area (Å²) >= 11 is 0. The second kappa shape index (κ2) is 6.84. The van der Waals surface area contributed by atoms with Crippen molar-refractivity contribution in [1.29, 1.82) is 0 Å². The van der Waals surface area contributed by atoms with E-state index in [9.17, 15) is 9.59 Å². The third-order valence-electron chi connectivity index (χ3n) is 4.15. The van der Waals surface area contributed by atoms with Crippen molar-refractivity contribution >= 4 is 22.7 Å². The van der Waals surface area contributed by atoms with Crippen molar-refractivity contribution in [3.05, 3.63) is 58.1 Å². The van der Waals surface area contributed by atoms with Gasteiger partial charge in [0.1, 0.15) is 5.75 Å². The van der Waals surface area contributed by atoms with E-state index in [2.05, 4.69) is 5.32 Å². The SMILES string of the molecule is Cc1ccc(OCCC(=O)Nc2ccc3c(c2)oc(=O)n3C)cc1C. The van der Waals surface area contributed by atoms with Crippen LogP contribution in [0.5, 0.6) is 5.75 Å². The summed E-state index contributed by atoms with van der Waals surface area (Å²) in [5.41, 5.74) is 4.06. The Kier molecular flexibility index (Phi) is 4.61. The number of nitrogens with zero attached hydrogens (tertiary/aromatic N) is 1. The fraction of sp³-hybridized carbons (Fsp3) is 0.263. The van der Waals surface area contributed by atoms with Gasteiger partial charge >= 0.3 is 5.76 Å². The first-order chi connectivity index (χ1) is 11.9. The van der Waals surface area contributed by atoms with Crippen LogP contribution in [0.2, 0.25) is 0 Å². The number of anilines is 1. The van der Waals surface area contributed by atoms with Crippen molar-refractivity contribution in [2.45, 2.75) is 20.3 Å². The van der Waals surface area contributed by atoms with E-state index in [0.29, 0.717) is 16.8 Å². The third-order valence-corrected chi connectivity index (χ3v) is 4.15. The second-order valence-corrected chi connectivity index (χ2v) is 6.00. The molecule has 3 rings (SSSR count). The van der Waals surface area contributed by atoms with Gasteiger partial charge in [0.15, 0.2) is 5.58 Å². The van der Waals surface area contributed by atoms with E-state index in [-0.39, 0.29) is 18.9 Å². The molecule has 0 saturated carbocycles. The Balaban J connectivity index is 1.57. The summed E-state index contributed by atoms with van der Waals surface area (Å²) < 4.78 is 12.1. The van der Waals surface area contributed by atoms with Crippen LogP contribution in [-0.2, 0) is 11.8 Å². The van der Waals surface area contributed by atoms with Gasteiger partial charge in [-0.2, -0.15) is 0 Å². The van der Waals surface area contributed by atoms with Crippen molar-refractivity contribution in [2.24, 2.45) is 7.05 Å². The highest BCUT2D eigenvalue weighted by molar-refractivity contribution is 5.92. The molecule has 0 saturated heterocycles. The molecule has 6 heteroatoms. The monoisotopic (exact) mass is 340 g/mol. The zero-order chi connectivity index (χ0) is 18.0. The van der Waals surface area contributed by atoms with E-state index >= 15 is 0 Å². The van der Waals surface area contributed by atoms with Gasteiger partial charge in [-0.15, -0.1) is 0 Å². The number of benzene rings is 2. The standard InChI is InChI=1S/C19H20N2O4/c1-12-4-6-15(10-13(12)2)24-9-8-18(22)20-14-5-7-16-17(11-14)25-19(23)21(16)3/h4-7,10-11H,8-9H2,1-3H3,(H,20,22). The first-order valence-corrected chi connectivity index (χ1v) is 8.03. The van der Waals surface area contributed by atoms with E-state index in [1.165, 1.54) is 10.1 Å². The number of hydrogen-bond acceptors (Lipinski definition) is 4. The maximum atomic E-state index is 12.0. The number of aromatic nitrogens is 1. The highest BCUT2D eigenvalue weighted by Crippen LogP contribution is 2.19. The van der Waals surface area contributed by atoms with Crippen molar-refractivity contribution in [3.63, 3.8) is 0 Å². The molecule has 0 aliphatic rings. The van der Waals surface area contributed by atoms with Gasteiger partial charge in [-0.05, 0) is 49.2 Å². The third kappa shape index (κ3) is 3.74. The Hall–Kier alpha value is -3.02. The number of fused-ring (bicyclic) bond motifs is 1. The predicted molar refractivity (Wildman–Crippen MR) is 96.1 cm³/mol. The molecule has 130 valence electrons. The summed E-state index contributed by atoms with van der Waals surface area (Å²) in [5, 5.41) is 2.78. The normalized spacial score (nSPS) is 10.8. The van der Waals surface area contributed by atoms with Crippen LogP contribution in [0.1, 0.15) is 17.5 Å². The Morgan fingerprint density at radius 1 is 1.16 bits per heavy atom. The van der Waals surface area contributed by atoms with Gasteiger partial charge in [-0.3, -0.25) is 9.36 Å². The minimum absolute atomic E-state index is 0.165. The first kappa shape index (κ1) is 16.8. The molecule has 0 spiro atoms. The number of nitrogens with one attached hydrogen (secondary N) is 1. The number of rotatable bonds is 5. The smallest absolute Gasteiger partial charge is 0.419 e. The molecule has 1 heterocycles. The molecule has 2 aromatic carbocycles. The van der Waals surface area contributed by atoms with Crippen LogP contribution >= 0.6 is 0 Å². The lowest BCUT2D eigenvalue weighted by Crippen LogP contribution is -2.15. The number of carbonyl (C=O) groups is 1. The lowest BCUT2D eigenvalue weighted by Gasteiger charge is -2.09. The van der Waals surface area contributed by atoms with E-state index in [4.69, 9.17) is 9.15 Å². The molecule has 6 nitrogen and oxygen atoms in total. The molecule has 0 atom stereocenters. The number of aryl methyl sites for hydroxylation is 3. The Morgan fingerprint density at radius 3 is 2.72 bits per heavy atom. The maximum Gasteiger partial charge on any atom is 0.419 e. The van der Waals surface area contributed by atoms with Crippen LogP contribution in [0.15, 0.2) is 45.6 Å². The summed E-state index contributed by atoms with van der Waals surface area (Å²) in [6.45, 7) is 4.35. The fourth-order valence-electron chi connectivity index (χ4n) is 2.50. The first-order valence-electron chi connectivity index (χ1n) is 8.03. The number of carbonyl (C=O) groups excluding carboxylic acids is 1. The lowest BCUT2D eigenvalue weighted by atomic mass is 10.1. The quantitative estimate of drug-likeness (QED) is 0.774. The number of ether oxygens (including phenoxy) is 1. The molecule has 0 bridgehead atoms. The van der Waals surface area contributed by atoms with Crippen molar-refractivity contribution in [1.82, 2.24) is 4.57 Å². The van der Waals surface area contributed by atoms with Crippen LogP contribution in [0, 0.1) is 13.8 Å². The summed E-state index contributed by atoms with van der Waals surface area (Å²) in [6, 6.07) is 11.0. The van der Waals surface area contributed by atoms with Crippen molar-refractivity contribution in [3.8, 4) is 5.75 Å². The highest BCUT2D eigenvalue weighted by atomic mass is 16.5. The molecular formula is C19H20N2O4. The van der Waals surface area contributed by atoms with Crippen molar-refractivity contribution in [2.75, 3.05) is 11.9 Å². The molecular weight excluding hydrogens is 320 g/mol. The fourth-order valence-corrected chi connectivity index (χ4v) is 2.50. The molecule has 3 aromatic rings. The van der Waals surface area contributed by atoms with Gasteiger partial charge < -0.3 is 14.5 Å². The van der Waals surface area contributed by atoms with Gasteiger partial charge in [0.25, 0.3) is 0 Å². The second-order valence-electron chi connectivity index (χ2n) is 6.00. The molecule has 0 unspecified atom stereocenters. The largest absolute Gasteiger partial charge is 0.493 e. The molecule has 1 aromatic heterocycles. The van der Waals surface area contributed by atoms with Crippen LogP contribution in [0.4, 0.5) is 5.69 Å². The van der Waals surface area contributed by atoms with E-state index in [1.807, 2.05) is 32.0 Å². The van der Waals surface area contributed by atoms with Crippen LogP contribution in [0.25, 0.3) is 11.1 Å². The van der Waals surface area contributed by atoms with Crippen LogP contribution < -0.4 is 15.8 Å². The van der Waals surface area contributed by atoms with Gasteiger partial charge in [-0.1, -0.05) is 6.07 Å². The van der Waals surface area contributed by atoms with Gasteiger partial charge in [-0.25, -0.2) is 4.79 Å². The number of oxazole rings is 1. The summed E-state index contributed by atoms with van der Waals surface area (Å²) in [7, 11) is 1.64. The highest BCUT2D eigenvalue weighted by Gasteiger charge is 2.08. The summed E-state index contributed by atoms with van der Waals surface area (Å²) in [6.07, 6.45) is 0.226. The van der Waals surface area contributed by atoms with Crippen LogP contribution in [-0.4, -0.2) is 17.1 Å². The Labute approximate surface area is 145 Å². The molecule has 0 aliphatic heterocycles. The summed E-state index contributed by atoms with van der Waals surface area (Å²) in [5.74, 6) is 0.158. The number of hydrogen-bond donors (Lipinski definition) is 1. The van der Waals surface area contributed by atoms with E-state index in [1.54, 1.807) is 25.2 Å². The molecule has 1 amide bonds. The average molecular weight is 340 g/mol. The van der Waals surface area contributed by atoms with E-state index in [0.717, 1.165) is 11.3 Å². The maximum absolute atomic E-state index is 12.0. The van der Waals surface area contributed by atoms with Gasteiger partial charge in [0.2, 0.25) is 5.91 Å². The average Bonchev–Trinajstić information content (AvgIpc) is 2.85. The van der Waals surface area contributed by atoms with Crippen LogP contribution in [0.3, 0.4) is 0 Å². The molecule has 0 radical (unpaired) electrons. The van der Waals surface area contributed by atoms with Crippen molar-refractivity contribution < 1.29 is 13.9 Å². The van der Waals surface area contributed by atoms with Gasteiger partial charge in [0, 0.05) is 18.8 Å². The minimum atomic E-state index is -0.430. The zero-order valence-corrected chi connectivity index (χ0v) is 14.5.